The highest BCUT2D eigenvalue weighted by molar-refractivity contribution is 7.10. The average molecular weight is 308 g/mol. The van der Waals surface area contributed by atoms with E-state index in [1.165, 1.54) is 9.88 Å². The molecule has 0 saturated carbocycles. The topological polar surface area (TPSA) is 45.4 Å². The zero-order valence-corrected chi connectivity index (χ0v) is 13.3. The van der Waals surface area contributed by atoms with E-state index in [0.29, 0.717) is 0 Å². The van der Waals surface area contributed by atoms with Gasteiger partial charge in [0.15, 0.2) is 0 Å². The second kappa shape index (κ2) is 6.32. The Labute approximate surface area is 127 Å². The second-order valence-electron chi connectivity index (χ2n) is 5.24. The standard InChI is InChI=1S/C14H20N4S2/c1-17-4-6-18(7-5-17)9-13-16-11(10-20-13)14(15)12-3-2-8-19-12/h2-3,8,10,14H,4-7,9,15H2,1H3. The molecule has 3 rings (SSSR count). The van der Waals surface area contributed by atoms with Gasteiger partial charge < -0.3 is 10.6 Å². The Hall–Kier alpha value is -0.790. The molecule has 0 aromatic carbocycles. The highest BCUT2D eigenvalue weighted by Gasteiger charge is 2.17. The maximum absolute atomic E-state index is 6.26. The molecule has 6 heteroatoms. The van der Waals surface area contributed by atoms with Crippen molar-refractivity contribution in [1.29, 1.82) is 0 Å². The first-order valence-corrected chi connectivity index (χ1v) is 8.62. The lowest BCUT2D eigenvalue weighted by molar-refractivity contribution is 0.148. The van der Waals surface area contributed by atoms with Crippen molar-refractivity contribution in [2.45, 2.75) is 12.6 Å². The molecule has 20 heavy (non-hydrogen) atoms. The number of piperazine rings is 1. The Morgan fingerprint density at radius 3 is 2.80 bits per heavy atom. The van der Waals surface area contributed by atoms with Crippen molar-refractivity contribution >= 4 is 22.7 Å². The lowest BCUT2D eigenvalue weighted by Crippen LogP contribution is -2.43. The molecule has 108 valence electrons. The Morgan fingerprint density at radius 2 is 2.10 bits per heavy atom. The highest BCUT2D eigenvalue weighted by atomic mass is 32.1. The van der Waals surface area contributed by atoms with Crippen LogP contribution in [-0.4, -0.2) is 48.0 Å². The molecule has 4 nitrogen and oxygen atoms in total. The van der Waals surface area contributed by atoms with Crippen LogP contribution in [0.25, 0.3) is 0 Å². The normalized spacial score (nSPS) is 19.3. The minimum atomic E-state index is -0.0764. The number of hydrogen-bond donors (Lipinski definition) is 1. The van der Waals surface area contributed by atoms with Crippen LogP contribution in [0.15, 0.2) is 22.9 Å². The summed E-state index contributed by atoms with van der Waals surface area (Å²) in [6, 6.07) is 4.04. The molecule has 0 amide bonds. The van der Waals surface area contributed by atoms with Gasteiger partial charge >= 0.3 is 0 Å². The molecule has 0 radical (unpaired) electrons. The maximum atomic E-state index is 6.26. The van der Waals surface area contributed by atoms with Crippen molar-refractivity contribution in [3.05, 3.63) is 38.5 Å². The largest absolute Gasteiger partial charge is 0.318 e. The van der Waals surface area contributed by atoms with Crippen LogP contribution < -0.4 is 5.73 Å². The van der Waals surface area contributed by atoms with E-state index in [-0.39, 0.29) is 6.04 Å². The summed E-state index contributed by atoms with van der Waals surface area (Å²) in [7, 11) is 2.18. The predicted molar refractivity (Wildman–Crippen MR) is 85.2 cm³/mol. The number of thiophene rings is 1. The fourth-order valence-electron chi connectivity index (χ4n) is 2.35. The van der Waals surface area contributed by atoms with Gasteiger partial charge in [0.1, 0.15) is 5.01 Å². The summed E-state index contributed by atoms with van der Waals surface area (Å²) in [5, 5.41) is 5.35. The fourth-order valence-corrected chi connectivity index (χ4v) is 3.96. The van der Waals surface area contributed by atoms with Crippen LogP contribution in [0.4, 0.5) is 0 Å². The van der Waals surface area contributed by atoms with Crippen molar-refractivity contribution in [3.8, 4) is 0 Å². The molecule has 2 N–H and O–H groups in total. The van der Waals surface area contributed by atoms with E-state index in [2.05, 4.69) is 33.7 Å². The molecule has 2 aromatic heterocycles. The van der Waals surface area contributed by atoms with Crippen molar-refractivity contribution in [1.82, 2.24) is 14.8 Å². The highest BCUT2D eigenvalue weighted by Crippen LogP contribution is 2.25. The van der Waals surface area contributed by atoms with Crippen LogP contribution in [0.3, 0.4) is 0 Å². The molecule has 1 aliphatic rings. The molecule has 0 spiro atoms. The van der Waals surface area contributed by atoms with Gasteiger partial charge in [-0.25, -0.2) is 4.98 Å². The monoisotopic (exact) mass is 308 g/mol. The molecule has 1 fully saturated rings. The van der Waals surface area contributed by atoms with Gasteiger partial charge in [-0.05, 0) is 18.5 Å². The van der Waals surface area contributed by atoms with Crippen LogP contribution in [0, 0.1) is 0 Å². The molecule has 0 bridgehead atoms. The summed E-state index contributed by atoms with van der Waals surface area (Å²) in [6.07, 6.45) is 0. The number of aromatic nitrogens is 1. The summed E-state index contributed by atoms with van der Waals surface area (Å²) in [5.41, 5.74) is 7.26. The number of nitrogens with zero attached hydrogens (tertiary/aromatic N) is 3. The van der Waals surface area contributed by atoms with Crippen LogP contribution in [0.5, 0.6) is 0 Å². The minimum absolute atomic E-state index is 0.0764. The number of likely N-dealkylation sites (N-methyl/N-ethyl adjacent to an activating group) is 1. The van der Waals surface area contributed by atoms with E-state index in [1.807, 2.05) is 6.07 Å². The molecule has 1 aliphatic heterocycles. The van der Waals surface area contributed by atoms with Gasteiger partial charge in [0, 0.05) is 36.4 Å². The van der Waals surface area contributed by atoms with E-state index >= 15 is 0 Å². The SMILES string of the molecule is CN1CCN(Cc2nc(C(N)c3cccs3)cs2)CC1. The number of thiazole rings is 1. The quantitative estimate of drug-likeness (QED) is 0.938. The number of nitrogens with two attached hydrogens (primary N) is 1. The third-order valence-corrected chi connectivity index (χ3v) is 5.50. The van der Waals surface area contributed by atoms with E-state index in [9.17, 15) is 0 Å². The van der Waals surface area contributed by atoms with Crippen molar-refractivity contribution in [2.24, 2.45) is 5.73 Å². The van der Waals surface area contributed by atoms with Crippen LogP contribution in [0.2, 0.25) is 0 Å². The molecule has 0 aliphatic carbocycles. The Balaban J connectivity index is 1.62. The van der Waals surface area contributed by atoms with E-state index in [1.54, 1.807) is 22.7 Å². The molecular formula is C14H20N4S2. The summed E-state index contributed by atoms with van der Waals surface area (Å²) in [4.78, 5) is 10.7. The third kappa shape index (κ3) is 3.27. The van der Waals surface area contributed by atoms with Crippen molar-refractivity contribution in [3.63, 3.8) is 0 Å². The summed E-state index contributed by atoms with van der Waals surface area (Å²) in [6.45, 7) is 5.50. The summed E-state index contributed by atoms with van der Waals surface area (Å²) in [5.74, 6) is 0. The molecular weight excluding hydrogens is 288 g/mol. The second-order valence-corrected chi connectivity index (χ2v) is 7.16. The third-order valence-electron chi connectivity index (χ3n) is 3.69. The molecule has 2 aromatic rings. The lowest BCUT2D eigenvalue weighted by Gasteiger charge is -2.31. The van der Waals surface area contributed by atoms with Gasteiger partial charge in [0.2, 0.25) is 0 Å². The number of rotatable bonds is 4. The fraction of sp³-hybridized carbons (Fsp3) is 0.500. The van der Waals surface area contributed by atoms with E-state index in [4.69, 9.17) is 10.7 Å². The van der Waals surface area contributed by atoms with Crippen LogP contribution in [-0.2, 0) is 6.54 Å². The maximum Gasteiger partial charge on any atom is 0.107 e. The molecule has 1 saturated heterocycles. The average Bonchev–Trinajstić information content (AvgIpc) is 3.12. The van der Waals surface area contributed by atoms with Crippen molar-refractivity contribution in [2.75, 3.05) is 33.2 Å². The first kappa shape index (κ1) is 14.2. The van der Waals surface area contributed by atoms with Gasteiger partial charge in [-0.2, -0.15) is 0 Å². The number of hydrogen-bond acceptors (Lipinski definition) is 6. The summed E-state index contributed by atoms with van der Waals surface area (Å²) < 4.78 is 0. The van der Waals surface area contributed by atoms with Gasteiger partial charge in [-0.15, -0.1) is 22.7 Å². The van der Waals surface area contributed by atoms with Gasteiger partial charge in [0.25, 0.3) is 0 Å². The lowest BCUT2D eigenvalue weighted by atomic mass is 10.2. The van der Waals surface area contributed by atoms with E-state index in [0.717, 1.165) is 38.4 Å². The summed E-state index contributed by atoms with van der Waals surface area (Å²) >= 11 is 3.42. The van der Waals surface area contributed by atoms with Gasteiger partial charge in [0.05, 0.1) is 18.3 Å². The Morgan fingerprint density at radius 1 is 1.30 bits per heavy atom. The molecule has 1 unspecified atom stereocenters. The first-order chi connectivity index (χ1) is 9.72. The van der Waals surface area contributed by atoms with Crippen LogP contribution in [0.1, 0.15) is 21.6 Å². The van der Waals surface area contributed by atoms with Gasteiger partial charge in [-0.3, -0.25) is 4.90 Å². The Kier molecular flexibility index (Phi) is 4.48. The smallest absolute Gasteiger partial charge is 0.107 e. The van der Waals surface area contributed by atoms with E-state index < -0.39 is 0 Å². The predicted octanol–water partition coefficient (Wildman–Crippen LogP) is 2.00. The van der Waals surface area contributed by atoms with Crippen LogP contribution >= 0.6 is 22.7 Å². The Bertz CT molecular complexity index is 529. The zero-order chi connectivity index (χ0) is 13.9. The molecule has 3 heterocycles. The first-order valence-electron chi connectivity index (χ1n) is 6.86. The van der Waals surface area contributed by atoms with Gasteiger partial charge in [-0.1, -0.05) is 6.07 Å². The minimum Gasteiger partial charge on any atom is -0.318 e. The van der Waals surface area contributed by atoms with Crippen molar-refractivity contribution < 1.29 is 0 Å². The zero-order valence-electron chi connectivity index (χ0n) is 11.7. The molecule has 1 atom stereocenters.